The maximum absolute atomic E-state index is 13.3. The van der Waals surface area contributed by atoms with Crippen LogP contribution >= 0.6 is 35.6 Å². The smallest absolute Gasteiger partial charge is 0.266 e. The van der Waals surface area contributed by atoms with Crippen molar-refractivity contribution in [1.82, 2.24) is 14.7 Å². The Hall–Kier alpha value is -3.39. The van der Waals surface area contributed by atoms with Gasteiger partial charge in [0, 0.05) is 28.9 Å². The third-order valence-corrected chi connectivity index (χ3v) is 8.21. The molecule has 0 bridgehead atoms. The van der Waals surface area contributed by atoms with Crippen molar-refractivity contribution in [3.05, 3.63) is 106 Å². The molecule has 1 fully saturated rings. The molecule has 1 amide bonds. The molecule has 0 atom stereocenters. The van der Waals surface area contributed by atoms with Crippen molar-refractivity contribution < 1.29 is 9.53 Å². The van der Waals surface area contributed by atoms with Crippen LogP contribution in [0.25, 0.3) is 23.0 Å². The third-order valence-electron chi connectivity index (χ3n) is 6.58. The highest BCUT2D eigenvalue weighted by atomic mass is 35.5. The third kappa shape index (κ3) is 6.84. The molecule has 5 rings (SSSR count). The van der Waals surface area contributed by atoms with Crippen LogP contribution < -0.4 is 4.74 Å². The molecule has 0 saturated carbocycles. The van der Waals surface area contributed by atoms with E-state index in [0.717, 1.165) is 59.5 Å². The Morgan fingerprint density at radius 2 is 1.80 bits per heavy atom. The molecular weight excluding hydrogens is 558 g/mol. The maximum atomic E-state index is 13.3. The summed E-state index contributed by atoms with van der Waals surface area (Å²) in [6, 6.07) is 25.4. The number of nitrogens with zero attached hydrogens (tertiary/aromatic N) is 3. The van der Waals surface area contributed by atoms with Crippen LogP contribution in [0.15, 0.2) is 90.0 Å². The van der Waals surface area contributed by atoms with Gasteiger partial charge in [0.25, 0.3) is 5.91 Å². The molecule has 2 heterocycles. The Kier molecular flexibility index (Phi) is 9.37. The zero-order chi connectivity index (χ0) is 27.9. The molecule has 1 saturated heterocycles. The molecule has 0 unspecified atom stereocenters. The van der Waals surface area contributed by atoms with E-state index in [4.69, 9.17) is 33.7 Å². The summed E-state index contributed by atoms with van der Waals surface area (Å²) in [7, 11) is 0. The number of benzene rings is 3. The quantitative estimate of drug-likeness (QED) is 0.0999. The fraction of sp³-hybridized carbons (Fsp3) is 0.219. The van der Waals surface area contributed by atoms with Crippen LogP contribution in [-0.2, 0) is 11.4 Å². The van der Waals surface area contributed by atoms with Gasteiger partial charge in [-0.15, -0.1) is 0 Å². The van der Waals surface area contributed by atoms with Crippen LogP contribution in [0, 0.1) is 0 Å². The van der Waals surface area contributed by atoms with E-state index in [-0.39, 0.29) is 5.91 Å². The summed E-state index contributed by atoms with van der Waals surface area (Å²) in [6.45, 7) is 3.26. The van der Waals surface area contributed by atoms with Crippen molar-refractivity contribution in [3.8, 4) is 22.7 Å². The summed E-state index contributed by atoms with van der Waals surface area (Å²) in [4.78, 5) is 15.6. The van der Waals surface area contributed by atoms with Gasteiger partial charge < -0.3 is 4.74 Å². The summed E-state index contributed by atoms with van der Waals surface area (Å²) in [6.07, 6.45) is 8.23. The predicted molar refractivity (Wildman–Crippen MR) is 169 cm³/mol. The van der Waals surface area contributed by atoms with Gasteiger partial charge in [-0.25, -0.2) is 4.68 Å². The number of para-hydroxylation sites is 1. The molecule has 4 aromatic rings. The van der Waals surface area contributed by atoms with E-state index in [2.05, 4.69) is 6.92 Å². The van der Waals surface area contributed by atoms with Gasteiger partial charge in [-0.05, 0) is 54.5 Å². The van der Waals surface area contributed by atoms with Crippen LogP contribution in [0.5, 0.6) is 5.75 Å². The summed E-state index contributed by atoms with van der Waals surface area (Å²) in [5, 5.41) is 5.62. The van der Waals surface area contributed by atoms with Crippen molar-refractivity contribution in [2.75, 3.05) is 6.54 Å². The first-order chi connectivity index (χ1) is 19.5. The second-order valence-corrected chi connectivity index (χ2v) is 11.7. The average molecular weight is 588 g/mol. The van der Waals surface area contributed by atoms with Crippen molar-refractivity contribution in [3.63, 3.8) is 0 Å². The van der Waals surface area contributed by atoms with E-state index in [1.54, 1.807) is 4.90 Å². The first kappa shape index (κ1) is 28.1. The lowest BCUT2D eigenvalue weighted by Crippen LogP contribution is -2.29. The predicted octanol–water partition coefficient (Wildman–Crippen LogP) is 8.55. The number of aromatic nitrogens is 2. The maximum Gasteiger partial charge on any atom is 0.266 e. The lowest BCUT2D eigenvalue weighted by Gasteiger charge is -2.13. The summed E-state index contributed by atoms with van der Waals surface area (Å²) >= 11 is 12.9. The highest BCUT2D eigenvalue weighted by Crippen LogP contribution is 2.35. The van der Waals surface area contributed by atoms with Gasteiger partial charge in [-0.1, -0.05) is 104 Å². The summed E-state index contributed by atoms with van der Waals surface area (Å²) in [5.74, 6) is 0.691. The summed E-state index contributed by atoms with van der Waals surface area (Å²) in [5.41, 5.74) is 4.45. The number of carbonyl (C=O) groups is 1. The monoisotopic (exact) mass is 587 g/mol. The molecule has 3 aromatic carbocycles. The van der Waals surface area contributed by atoms with Gasteiger partial charge in [0.1, 0.15) is 22.4 Å². The number of amides is 1. The van der Waals surface area contributed by atoms with E-state index in [9.17, 15) is 4.79 Å². The Morgan fingerprint density at radius 3 is 2.58 bits per heavy atom. The standard InChI is InChI=1S/C32H30ClN3O2S2/c1-2-3-4-8-18-35-31(37)29(40-32(35)39)20-25-21-36(27-11-6-5-7-12-27)34-30(25)24-10-9-13-28(19-24)38-22-23-14-16-26(33)17-15-23/h5-7,9-17,19-21H,2-4,8,18,22H2,1H3/b29-20-. The molecule has 204 valence electrons. The first-order valence-corrected chi connectivity index (χ1v) is 15.0. The molecule has 5 nitrogen and oxygen atoms in total. The molecule has 1 aliphatic rings. The second kappa shape index (κ2) is 13.3. The highest BCUT2D eigenvalue weighted by molar-refractivity contribution is 8.26. The number of hydrogen-bond acceptors (Lipinski definition) is 5. The van der Waals surface area contributed by atoms with Gasteiger partial charge in [0.15, 0.2) is 0 Å². The first-order valence-electron chi connectivity index (χ1n) is 13.4. The molecule has 8 heteroatoms. The van der Waals surface area contributed by atoms with Crippen molar-refractivity contribution >= 4 is 51.9 Å². The van der Waals surface area contributed by atoms with E-state index in [1.165, 1.54) is 11.8 Å². The lowest BCUT2D eigenvalue weighted by molar-refractivity contribution is -0.122. The van der Waals surface area contributed by atoms with Crippen molar-refractivity contribution in [2.45, 2.75) is 39.2 Å². The van der Waals surface area contributed by atoms with Crippen LogP contribution in [0.4, 0.5) is 0 Å². The minimum atomic E-state index is -0.0371. The highest BCUT2D eigenvalue weighted by Gasteiger charge is 2.32. The van der Waals surface area contributed by atoms with E-state index < -0.39 is 0 Å². The Labute approximate surface area is 249 Å². The molecule has 0 aliphatic carbocycles. The molecule has 0 N–H and O–H groups in total. The average Bonchev–Trinajstić information content (AvgIpc) is 3.52. The van der Waals surface area contributed by atoms with Gasteiger partial charge in [-0.2, -0.15) is 5.10 Å². The van der Waals surface area contributed by atoms with Gasteiger partial charge in [0.2, 0.25) is 0 Å². The lowest BCUT2D eigenvalue weighted by atomic mass is 10.1. The normalized spacial score (nSPS) is 14.3. The fourth-order valence-electron chi connectivity index (χ4n) is 4.44. The molecule has 0 radical (unpaired) electrons. The number of unbranched alkanes of at least 4 members (excludes halogenated alkanes) is 3. The number of halogens is 1. The molecule has 40 heavy (non-hydrogen) atoms. The van der Waals surface area contributed by atoms with Crippen LogP contribution in [0.2, 0.25) is 5.02 Å². The minimum absolute atomic E-state index is 0.0371. The Morgan fingerprint density at radius 1 is 1.00 bits per heavy atom. The minimum Gasteiger partial charge on any atom is -0.489 e. The number of ether oxygens (including phenoxy) is 1. The number of thioether (sulfide) groups is 1. The SMILES string of the molecule is CCCCCCN1C(=O)/C(=C/c2cn(-c3ccccc3)nc2-c2cccc(OCc3ccc(Cl)cc3)c2)SC1=S. The topological polar surface area (TPSA) is 47.4 Å². The van der Waals surface area contributed by atoms with E-state index >= 15 is 0 Å². The van der Waals surface area contributed by atoms with Crippen LogP contribution in [-0.4, -0.2) is 31.5 Å². The zero-order valence-electron chi connectivity index (χ0n) is 22.3. The number of carbonyl (C=O) groups excluding carboxylic acids is 1. The van der Waals surface area contributed by atoms with Gasteiger partial charge in [-0.3, -0.25) is 9.69 Å². The summed E-state index contributed by atoms with van der Waals surface area (Å²) < 4.78 is 8.54. The van der Waals surface area contributed by atoms with E-state index in [0.29, 0.717) is 27.4 Å². The number of hydrogen-bond donors (Lipinski definition) is 0. The van der Waals surface area contributed by atoms with E-state index in [1.807, 2.05) is 95.8 Å². The van der Waals surface area contributed by atoms with Crippen LogP contribution in [0.3, 0.4) is 0 Å². The zero-order valence-corrected chi connectivity index (χ0v) is 24.6. The Balaban J connectivity index is 1.43. The second-order valence-electron chi connectivity index (χ2n) is 9.55. The van der Waals surface area contributed by atoms with Crippen molar-refractivity contribution in [1.29, 1.82) is 0 Å². The van der Waals surface area contributed by atoms with Crippen LogP contribution in [0.1, 0.15) is 43.7 Å². The van der Waals surface area contributed by atoms with Gasteiger partial charge in [0.05, 0.1) is 10.6 Å². The van der Waals surface area contributed by atoms with Crippen molar-refractivity contribution in [2.24, 2.45) is 0 Å². The molecule has 1 aromatic heterocycles. The largest absolute Gasteiger partial charge is 0.489 e. The molecular formula is C32H30ClN3O2S2. The van der Waals surface area contributed by atoms with Gasteiger partial charge >= 0.3 is 0 Å². The molecule has 0 spiro atoms. The Bertz CT molecular complexity index is 1520. The number of rotatable bonds is 11. The fourth-order valence-corrected chi connectivity index (χ4v) is 5.87. The molecule has 1 aliphatic heterocycles. The number of thiocarbonyl (C=S) groups is 1.